The minimum Gasteiger partial charge on any atom is -0.464 e. The molecule has 4 fully saturated rings. The molecule has 2 saturated heterocycles. The third-order valence-corrected chi connectivity index (χ3v) is 14.6. The van der Waals surface area contributed by atoms with E-state index in [0.717, 1.165) is 70.0 Å². The molecule has 7 heterocycles. The number of amides is 3. The van der Waals surface area contributed by atoms with E-state index in [1.807, 2.05) is 76.2 Å². The number of imidazole rings is 2. The maximum atomic E-state index is 16.9. The molecular formula is C48H52FN9O6S. The van der Waals surface area contributed by atoms with Crippen LogP contribution < -0.4 is 10.1 Å². The number of methoxy groups -OCH3 is 1. The number of carbonyl (C=O) groups excluding carboxylic acids is 3. The number of likely N-dealkylation sites (tertiary alicyclic amines) is 2. The summed E-state index contributed by atoms with van der Waals surface area (Å²) in [5.74, 6) is 1.81. The first-order valence-electron chi connectivity index (χ1n) is 22.6. The molecule has 3 amide bonds. The van der Waals surface area contributed by atoms with Crippen LogP contribution in [-0.4, -0.2) is 88.7 Å². The molecule has 0 bridgehead atoms. The Hall–Kier alpha value is -6.23. The number of piperidine rings is 1. The molecule has 15 nitrogen and oxygen atoms in total. The molecule has 1 unspecified atom stereocenters. The first-order chi connectivity index (χ1) is 31.2. The Morgan fingerprint density at radius 3 is 2.42 bits per heavy atom. The number of hydrogen-bond acceptors (Lipinski definition) is 10. The molecule has 6 aromatic rings. The maximum Gasteiger partial charge on any atom is 0.411 e. The van der Waals surface area contributed by atoms with Gasteiger partial charge in [0.15, 0.2) is 0 Å². The number of nitrogens with zero attached hydrogens (tertiary/aromatic N) is 6. The average molecular weight is 902 g/mol. The van der Waals surface area contributed by atoms with Crippen molar-refractivity contribution >= 4 is 40.3 Å². The summed E-state index contributed by atoms with van der Waals surface area (Å²) < 4.78 is 36.4. The summed E-state index contributed by atoms with van der Waals surface area (Å²) in [7, 11) is 1.27. The molecule has 65 heavy (non-hydrogen) atoms. The van der Waals surface area contributed by atoms with Gasteiger partial charge in [-0.2, -0.15) is 0 Å². The first kappa shape index (κ1) is 41.5. The fourth-order valence-corrected chi connectivity index (χ4v) is 11.1. The molecule has 338 valence electrons. The quantitative estimate of drug-likeness (QED) is 0.128. The predicted octanol–water partition coefficient (Wildman–Crippen LogP) is 9.62. The van der Waals surface area contributed by atoms with E-state index in [0.29, 0.717) is 58.9 Å². The lowest BCUT2D eigenvalue weighted by Crippen LogP contribution is -2.51. The zero-order chi connectivity index (χ0) is 45.1. The van der Waals surface area contributed by atoms with Crippen molar-refractivity contribution in [2.45, 2.75) is 115 Å². The van der Waals surface area contributed by atoms with Gasteiger partial charge in [0, 0.05) is 41.2 Å². The zero-order valence-electron chi connectivity index (χ0n) is 37.2. The van der Waals surface area contributed by atoms with Gasteiger partial charge in [-0.1, -0.05) is 19.9 Å². The highest BCUT2D eigenvalue weighted by Gasteiger charge is 2.56. The van der Waals surface area contributed by atoms with Gasteiger partial charge in [-0.05, 0) is 101 Å². The molecule has 17 heteroatoms. The molecule has 3 aliphatic heterocycles. The maximum absolute atomic E-state index is 16.9. The second kappa shape index (κ2) is 15.5. The Kier molecular flexibility index (Phi) is 9.86. The fraction of sp³-hybridized carbons (Fsp3) is 0.458. The van der Waals surface area contributed by atoms with Crippen LogP contribution in [0.2, 0.25) is 0 Å². The highest BCUT2D eigenvalue weighted by molar-refractivity contribution is 7.11. The molecular weight excluding hydrogens is 850 g/mol. The van der Waals surface area contributed by atoms with Crippen molar-refractivity contribution in [3.8, 4) is 39.5 Å². The van der Waals surface area contributed by atoms with Crippen molar-refractivity contribution in [2.24, 2.45) is 11.8 Å². The Balaban J connectivity index is 0.918. The van der Waals surface area contributed by atoms with E-state index in [2.05, 4.69) is 25.9 Å². The fourth-order valence-electron chi connectivity index (χ4n) is 10.00. The molecule has 2 saturated carbocycles. The number of fused-ring (bicyclic) bond motifs is 6. The zero-order valence-corrected chi connectivity index (χ0v) is 38.0. The van der Waals surface area contributed by atoms with Crippen molar-refractivity contribution < 1.29 is 33.0 Å². The number of alkyl carbamates (subject to hydrolysis) is 1. The number of H-pyrrole nitrogens is 2. The summed E-state index contributed by atoms with van der Waals surface area (Å²) in [5.41, 5.74) is 4.18. The van der Waals surface area contributed by atoms with Crippen LogP contribution in [-0.2, 0) is 14.3 Å². The molecule has 5 aliphatic rings. The van der Waals surface area contributed by atoms with Gasteiger partial charge in [-0.15, -0.1) is 11.3 Å². The smallest absolute Gasteiger partial charge is 0.411 e. The molecule has 2 aliphatic carbocycles. The van der Waals surface area contributed by atoms with Gasteiger partial charge in [0.25, 0.3) is 0 Å². The van der Waals surface area contributed by atoms with E-state index in [-0.39, 0.29) is 36.0 Å². The van der Waals surface area contributed by atoms with Gasteiger partial charge in [-0.3, -0.25) is 14.3 Å². The van der Waals surface area contributed by atoms with Crippen LogP contribution in [0, 0.1) is 17.7 Å². The van der Waals surface area contributed by atoms with Crippen molar-refractivity contribution in [3.05, 3.63) is 82.3 Å². The van der Waals surface area contributed by atoms with Gasteiger partial charge < -0.3 is 34.4 Å². The summed E-state index contributed by atoms with van der Waals surface area (Å²) in [6.07, 6.45) is 9.32. The second-order valence-corrected chi connectivity index (χ2v) is 20.6. The van der Waals surface area contributed by atoms with E-state index in [1.54, 1.807) is 22.4 Å². The monoisotopic (exact) mass is 901 g/mol. The first-order valence-corrected chi connectivity index (χ1v) is 23.4. The van der Waals surface area contributed by atoms with E-state index in [1.165, 1.54) is 13.2 Å². The number of aromatic nitrogens is 6. The van der Waals surface area contributed by atoms with Gasteiger partial charge >= 0.3 is 12.2 Å². The lowest BCUT2D eigenvalue weighted by Gasteiger charge is -2.30. The number of carbonyl (C=O) groups is 3. The van der Waals surface area contributed by atoms with Gasteiger partial charge in [-0.25, -0.2) is 28.9 Å². The summed E-state index contributed by atoms with van der Waals surface area (Å²) in [6, 6.07) is 10.4. The van der Waals surface area contributed by atoms with Crippen LogP contribution in [0.25, 0.3) is 44.7 Å². The van der Waals surface area contributed by atoms with Gasteiger partial charge in [0.2, 0.25) is 12.1 Å². The number of benzene rings is 2. The predicted molar refractivity (Wildman–Crippen MR) is 241 cm³/mol. The van der Waals surface area contributed by atoms with Crippen LogP contribution in [0.4, 0.5) is 14.0 Å². The van der Waals surface area contributed by atoms with Crippen molar-refractivity contribution in [1.29, 1.82) is 0 Å². The van der Waals surface area contributed by atoms with Crippen LogP contribution in [0.5, 0.6) is 5.75 Å². The van der Waals surface area contributed by atoms with E-state index in [9.17, 15) is 14.4 Å². The van der Waals surface area contributed by atoms with Crippen LogP contribution in [0.3, 0.4) is 0 Å². The number of thiazole rings is 1. The minimum atomic E-state index is -0.762. The van der Waals surface area contributed by atoms with Crippen LogP contribution in [0.15, 0.2) is 55.0 Å². The van der Waals surface area contributed by atoms with Crippen LogP contribution in [0.1, 0.15) is 119 Å². The Morgan fingerprint density at radius 2 is 1.69 bits per heavy atom. The number of halogens is 1. The van der Waals surface area contributed by atoms with Crippen molar-refractivity contribution in [1.82, 2.24) is 44.6 Å². The number of hydrogen-bond donors (Lipinski definition) is 3. The summed E-state index contributed by atoms with van der Waals surface area (Å²) in [6.45, 7) is 9.92. The lowest BCUT2D eigenvalue weighted by molar-refractivity contribution is -0.135. The molecule has 4 aromatic heterocycles. The van der Waals surface area contributed by atoms with Crippen molar-refractivity contribution in [2.75, 3.05) is 13.7 Å². The largest absolute Gasteiger partial charge is 0.464 e. The molecule has 3 N–H and O–H groups in total. The normalized spacial score (nSPS) is 22.7. The SMILES string of the molecule is COC(=O)N[C@H](C(=O)N1CCC[C@H]1c1ncc(-c2cc(F)c3c(c2)OC(c2cnc(C4CC4)s2)n2c-3cc3cc(-c4cnc([C@@H]5C[C@H]6C[C@H]6N5C(=O)OC(C)(C)C)[nH]4)ccc32)[nH]1)C(C)C. The van der Waals surface area contributed by atoms with E-state index >= 15 is 4.39 Å². The Bertz CT molecular complexity index is 2870. The van der Waals surface area contributed by atoms with Gasteiger partial charge in [0.05, 0.1) is 69.6 Å². The number of aromatic amines is 2. The summed E-state index contributed by atoms with van der Waals surface area (Å²) in [5, 5.41) is 4.68. The second-order valence-electron chi connectivity index (χ2n) is 19.5. The number of ether oxygens (including phenoxy) is 3. The number of nitrogens with one attached hydrogen (secondary N) is 3. The van der Waals surface area contributed by atoms with E-state index in [4.69, 9.17) is 29.2 Å². The van der Waals surface area contributed by atoms with E-state index < -0.39 is 29.8 Å². The summed E-state index contributed by atoms with van der Waals surface area (Å²) in [4.78, 5) is 65.0. The molecule has 0 radical (unpaired) electrons. The highest BCUT2D eigenvalue weighted by atomic mass is 32.1. The minimum absolute atomic E-state index is 0.167. The third-order valence-electron chi connectivity index (χ3n) is 13.4. The number of rotatable bonds is 9. The third kappa shape index (κ3) is 7.41. The standard InChI is InChI=1S/C48H52FN9O6S/c1-23(2)40(55-46(60)62-6)44(59)56-13-7-8-33(56)41-50-21-31(54-41)26-15-29(49)39-35-17-27-14-25(30-20-51-42(53-30)36-18-28-16-34(28)58(36)47(61)64-48(3,4)5)11-12-32(27)57(35)45(63-37(39)19-26)38-22-52-43(65-38)24-9-10-24/h11-12,14-15,17,19-24,28,33-34,36,40,45H,7-10,13,16,18H2,1-6H3,(H,50,54)(H,51,53)(H,55,60)/t28-,33+,34-,36+,40+,45?/m1/s1. The lowest BCUT2D eigenvalue weighted by atomic mass is 10.0. The van der Waals surface area contributed by atoms with Crippen LogP contribution >= 0.6 is 11.3 Å². The molecule has 6 atom stereocenters. The molecule has 11 rings (SSSR count). The Morgan fingerprint density at radius 1 is 0.938 bits per heavy atom. The molecule has 2 aromatic carbocycles. The molecule has 0 spiro atoms. The van der Waals surface area contributed by atoms with Gasteiger partial charge in [0.1, 0.15) is 34.9 Å². The average Bonchev–Trinajstić information content (AvgIpc) is 3.75. The topological polar surface area (TPSA) is 173 Å². The summed E-state index contributed by atoms with van der Waals surface area (Å²) >= 11 is 1.64. The Labute approximate surface area is 379 Å². The van der Waals surface area contributed by atoms with Crippen molar-refractivity contribution in [3.63, 3.8) is 0 Å². The highest BCUT2D eigenvalue weighted by Crippen LogP contribution is 2.54.